The van der Waals surface area contributed by atoms with Gasteiger partial charge in [-0.25, -0.2) is 8.91 Å². The smallest absolute Gasteiger partial charge is 0.276 e. The number of hydrogen-bond acceptors (Lipinski definition) is 4. The zero-order chi connectivity index (χ0) is 23.7. The molecule has 7 nitrogen and oxygen atoms in total. The second-order valence-corrected chi connectivity index (χ2v) is 8.62. The highest BCUT2D eigenvalue weighted by Crippen LogP contribution is 2.20. The van der Waals surface area contributed by atoms with Gasteiger partial charge in [-0.2, -0.15) is 5.10 Å². The molecule has 0 aliphatic carbocycles. The maximum absolute atomic E-state index is 13.2. The average Bonchev–Trinajstić information content (AvgIpc) is 3.29. The van der Waals surface area contributed by atoms with Gasteiger partial charge in [-0.15, -0.1) is 0 Å². The summed E-state index contributed by atoms with van der Waals surface area (Å²) in [4.78, 5) is 29.9. The van der Waals surface area contributed by atoms with Gasteiger partial charge in [0.25, 0.3) is 5.56 Å². The van der Waals surface area contributed by atoms with Crippen LogP contribution in [0.1, 0.15) is 12.0 Å². The van der Waals surface area contributed by atoms with Crippen LogP contribution in [0, 0.1) is 12.7 Å². The molecule has 1 aliphatic rings. The van der Waals surface area contributed by atoms with Crippen molar-refractivity contribution in [2.45, 2.75) is 19.9 Å². The first kappa shape index (κ1) is 21.9. The Morgan fingerprint density at radius 2 is 1.76 bits per heavy atom. The molecule has 4 aromatic rings. The predicted octanol–water partition coefficient (Wildman–Crippen LogP) is 3.35. The molecule has 0 radical (unpaired) electrons. The van der Waals surface area contributed by atoms with Crippen LogP contribution in [0.2, 0.25) is 0 Å². The number of rotatable bonds is 5. The summed E-state index contributed by atoms with van der Waals surface area (Å²) in [5.41, 5.74) is 3.95. The second kappa shape index (κ2) is 9.13. The third-order valence-electron chi connectivity index (χ3n) is 6.31. The summed E-state index contributed by atoms with van der Waals surface area (Å²) in [6.45, 7) is 5.32. The molecule has 0 bridgehead atoms. The van der Waals surface area contributed by atoms with Gasteiger partial charge in [-0.3, -0.25) is 9.59 Å². The summed E-state index contributed by atoms with van der Waals surface area (Å²) in [6.07, 6.45) is 3.62. The number of halogens is 1. The number of aromatic nitrogens is 3. The van der Waals surface area contributed by atoms with E-state index in [1.165, 1.54) is 27.9 Å². The van der Waals surface area contributed by atoms with Gasteiger partial charge in [0.05, 0.1) is 5.69 Å². The summed E-state index contributed by atoms with van der Waals surface area (Å²) >= 11 is 0. The summed E-state index contributed by atoms with van der Waals surface area (Å²) < 4.78 is 16.3. The van der Waals surface area contributed by atoms with E-state index in [-0.39, 0.29) is 23.7 Å². The molecule has 2 aromatic heterocycles. The zero-order valence-electron chi connectivity index (χ0n) is 19.0. The molecule has 1 fully saturated rings. The Kier molecular flexibility index (Phi) is 5.88. The van der Waals surface area contributed by atoms with Gasteiger partial charge < -0.3 is 14.4 Å². The van der Waals surface area contributed by atoms with E-state index in [2.05, 4.69) is 41.2 Å². The molecule has 2 aromatic carbocycles. The maximum Gasteiger partial charge on any atom is 0.276 e. The molecule has 5 rings (SSSR count). The first-order valence-corrected chi connectivity index (χ1v) is 11.4. The molecule has 8 heteroatoms. The van der Waals surface area contributed by atoms with E-state index in [1.54, 1.807) is 35.2 Å². The summed E-state index contributed by atoms with van der Waals surface area (Å²) in [5.74, 6) is -0.271. The Morgan fingerprint density at radius 1 is 1.00 bits per heavy atom. The number of anilines is 1. The first-order valence-electron chi connectivity index (χ1n) is 11.4. The van der Waals surface area contributed by atoms with Gasteiger partial charge in [0.1, 0.15) is 11.3 Å². The molecule has 1 amide bonds. The van der Waals surface area contributed by atoms with Gasteiger partial charge in [-0.05, 0) is 55.0 Å². The Bertz CT molecular complexity index is 1380. The van der Waals surface area contributed by atoms with Crippen LogP contribution >= 0.6 is 0 Å². The minimum Gasteiger partial charge on any atom is -0.368 e. The lowest BCUT2D eigenvalue weighted by atomic mass is 10.1. The van der Waals surface area contributed by atoms with Crippen LogP contribution in [0.15, 0.2) is 71.8 Å². The minimum atomic E-state index is -0.323. The van der Waals surface area contributed by atoms with Gasteiger partial charge in [0.15, 0.2) is 0 Å². The van der Waals surface area contributed by atoms with Crippen LogP contribution in [0.25, 0.3) is 16.8 Å². The van der Waals surface area contributed by atoms with Crippen LogP contribution < -0.4 is 10.5 Å². The number of carbonyl (C=O) groups is 1. The summed E-state index contributed by atoms with van der Waals surface area (Å²) in [6, 6.07) is 16.1. The van der Waals surface area contributed by atoms with E-state index >= 15 is 0 Å². The number of nitrogens with zero attached hydrogens (tertiary/aromatic N) is 5. The normalized spacial score (nSPS) is 14.1. The van der Waals surface area contributed by atoms with Crippen LogP contribution in [-0.2, 0) is 11.3 Å². The van der Waals surface area contributed by atoms with E-state index in [9.17, 15) is 14.0 Å². The summed E-state index contributed by atoms with van der Waals surface area (Å²) in [5, 5.41) is 4.42. The number of hydrogen-bond donors (Lipinski definition) is 0. The Balaban J connectivity index is 1.22. The molecule has 1 aliphatic heterocycles. The van der Waals surface area contributed by atoms with Crippen molar-refractivity contribution in [2.75, 3.05) is 31.1 Å². The molecular formula is C26H26FN5O2. The molecular weight excluding hydrogens is 433 g/mol. The Labute approximate surface area is 196 Å². The van der Waals surface area contributed by atoms with E-state index in [0.717, 1.165) is 18.7 Å². The highest BCUT2D eigenvalue weighted by atomic mass is 19.1. The van der Waals surface area contributed by atoms with Crippen molar-refractivity contribution < 1.29 is 9.18 Å². The lowest BCUT2D eigenvalue weighted by Gasteiger charge is -2.36. The van der Waals surface area contributed by atoms with Crippen molar-refractivity contribution >= 4 is 17.1 Å². The van der Waals surface area contributed by atoms with Crippen LogP contribution in [-0.4, -0.2) is 51.2 Å². The number of piperazine rings is 1. The molecule has 3 heterocycles. The molecule has 174 valence electrons. The molecule has 0 atom stereocenters. The molecule has 1 saturated heterocycles. The zero-order valence-corrected chi connectivity index (χ0v) is 19.0. The van der Waals surface area contributed by atoms with E-state index < -0.39 is 0 Å². The first-order chi connectivity index (χ1) is 16.5. The topological polar surface area (TPSA) is 62.9 Å². The number of aryl methyl sites for hydroxylation is 2. The third kappa shape index (κ3) is 4.44. The van der Waals surface area contributed by atoms with Crippen molar-refractivity contribution in [3.05, 3.63) is 88.7 Å². The lowest BCUT2D eigenvalue weighted by molar-refractivity contribution is -0.131. The van der Waals surface area contributed by atoms with Crippen LogP contribution in [0.5, 0.6) is 0 Å². The number of benzene rings is 2. The van der Waals surface area contributed by atoms with Gasteiger partial charge in [0.2, 0.25) is 5.91 Å². The third-order valence-corrected chi connectivity index (χ3v) is 6.31. The highest BCUT2D eigenvalue weighted by Gasteiger charge is 2.21. The van der Waals surface area contributed by atoms with Gasteiger partial charge >= 0.3 is 0 Å². The Hall–Kier alpha value is -3.94. The minimum absolute atomic E-state index is 0.0520. The highest BCUT2D eigenvalue weighted by molar-refractivity contribution is 5.76. The fraction of sp³-hybridized carbons (Fsp3) is 0.269. The molecule has 34 heavy (non-hydrogen) atoms. The van der Waals surface area contributed by atoms with Crippen molar-refractivity contribution in [3.63, 3.8) is 0 Å². The van der Waals surface area contributed by atoms with Crippen molar-refractivity contribution in [1.82, 2.24) is 19.1 Å². The lowest BCUT2D eigenvalue weighted by Crippen LogP contribution is -2.49. The molecule has 0 N–H and O–H groups in total. The van der Waals surface area contributed by atoms with Crippen LogP contribution in [0.3, 0.4) is 0 Å². The van der Waals surface area contributed by atoms with Crippen LogP contribution in [0.4, 0.5) is 10.1 Å². The Morgan fingerprint density at radius 3 is 2.50 bits per heavy atom. The average molecular weight is 460 g/mol. The van der Waals surface area contributed by atoms with Crippen molar-refractivity contribution in [3.8, 4) is 11.3 Å². The predicted molar refractivity (Wildman–Crippen MR) is 129 cm³/mol. The standard InChI is InChI=1S/C26H26FN5O2/c1-19-3-2-4-22(17-19)29-11-13-30(14-12-29)25(33)9-10-31-15-16-32-24(26(31)34)18-23(28-32)20-5-7-21(27)8-6-20/h2-8,15-18H,9-14H2,1H3. The monoisotopic (exact) mass is 459 g/mol. The van der Waals surface area contributed by atoms with Crippen molar-refractivity contribution in [2.24, 2.45) is 0 Å². The molecule has 0 saturated carbocycles. The second-order valence-electron chi connectivity index (χ2n) is 8.62. The fourth-order valence-corrected chi connectivity index (χ4v) is 4.38. The number of amides is 1. The van der Waals surface area contributed by atoms with E-state index in [1.807, 2.05) is 4.90 Å². The largest absolute Gasteiger partial charge is 0.368 e. The SMILES string of the molecule is Cc1cccc(N2CCN(C(=O)CCn3ccn4nc(-c5ccc(F)cc5)cc4c3=O)CC2)c1. The quantitative estimate of drug-likeness (QED) is 0.459. The van der Waals surface area contributed by atoms with Crippen molar-refractivity contribution in [1.29, 1.82) is 0 Å². The van der Waals surface area contributed by atoms with E-state index in [0.29, 0.717) is 30.8 Å². The number of fused-ring (bicyclic) bond motifs is 1. The maximum atomic E-state index is 13.2. The van der Waals surface area contributed by atoms with Gasteiger partial charge in [0, 0.05) is 62.8 Å². The molecule has 0 unspecified atom stereocenters. The van der Waals surface area contributed by atoms with Gasteiger partial charge in [-0.1, -0.05) is 12.1 Å². The van der Waals surface area contributed by atoms with E-state index in [4.69, 9.17) is 0 Å². The molecule has 0 spiro atoms. The summed E-state index contributed by atoms with van der Waals surface area (Å²) in [7, 11) is 0. The fourth-order valence-electron chi connectivity index (χ4n) is 4.38. The number of carbonyl (C=O) groups excluding carboxylic acids is 1.